The highest BCUT2D eigenvalue weighted by molar-refractivity contribution is 7.87. The Morgan fingerprint density at radius 1 is 1.04 bits per heavy atom. The summed E-state index contributed by atoms with van der Waals surface area (Å²) in [6.45, 7) is 11.4. The van der Waals surface area contributed by atoms with Gasteiger partial charge in [0.2, 0.25) is 0 Å². The van der Waals surface area contributed by atoms with Crippen LogP contribution in [0.3, 0.4) is 0 Å². The number of benzene rings is 2. The third-order valence-electron chi connectivity index (χ3n) is 4.80. The first kappa shape index (κ1) is 17.8. The van der Waals surface area contributed by atoms with E-state index in [0.717, 1.165) is 34.2 Å². The third kappa shape index (κ3) is 3.13. The van der Waals surface area contributed by atoms with E-state index in [2.05, 4.69) is 0 Å². The largest absolute Gasteiger partial charge is 0.483 e. The molecule has 0 radical (unpaired) electrons. The molecule has 0 spiro atoms. The van der Waals surface area contributed by atoms with Crippen molar-refractivity contribution in [3.63, 3.8) is 0 Å². The van der Waals surface area contributed by atoms with Crippen molar-refractivity contribution in [1.82, 2.24) is 0 Å². The molecule has 0 saturated carbocycles. The minimum atomic E-state index is -3.96. The van der Waals surface area contributed by atoms with Crippen molar-refractivity contribution in [2.75, 3.05) is 0 Å². The fraction of sp³-hybridized carbons (Fsp3) is 0.400. The molecular formula is C20H24O4S. The maximum Gasteiger partial charge on any atom is 0.339 e. The highest BCUT2D eigenvalue weighted by Gasteiger charge is 2.34. The Morgan fingerprint density at radius 2 is 1.64 bits per heavy atom. The molecule has 25 heavy (non-hydrogen) atoms. The van der Waals surface area contributed by atoms with Gasteiger partial charge in [-0.15, -0.1) is 0 Å². The zero-order valence-corrected chi connectivity index (χ0v) is 16.4. The molecule has 0 unspecified atom stereocenters. The first-order valence-corrected chi connectivity index (χ1v) is 9.75. The van der Waals surface area contributed by atoms with E-state index in [1.807, 2.05) is 53.7 Å². The number of ether oxygens (including phenoxy) is 1. The van der Waals surface area contributed by atoms with E-state index >= 15 is 0 Å². The van der Waals surface area contributed by atoms with E-state index in [0.29, 0.717) is 5.75 Å². The minimum absolute atomic E-state index is 0.250. The van der Waals surface area contributed by atoms with Crippen molar-refractivity contribution < 1.29 is 17.3 Å². The lowest BCUT2D eigenvalue weighted by Crippen LogP contribution is -2.25. The average molecular weight is 360 g/mol. The van der Waals surface area contributed by atoms with E-state index < -0.39 is 10.1 Å². The van der Waals surface area contributed by atoms with Crippen LogP contribution in [0.5, 0.6) is 11.5 Å². The lowest BCUT2D eigenvalue weighted by molar-refractivity contribution is 0.136. The highest BCUT2D eigenvalue weighted by Crippen LogP contribution is 2.43. The standard InChI is InChI=1S/C20H24O4S/c1-12-10-13(2)15(4)19(14(12)3)25(21,22)24-17-9-7-8-16-11-20(5,6)23-18(16)17/h7-10H,11H2,1-6H3. The molecule has 5 heteroatoms. The van der Waals surface area contributed by atoms with Gasteiger partial charge in [0, 0.05) is 12.0 Å². The molecule has 1 heterocycles. The van der Waals surface area contributed by atoms with E-state index in [4.69, 9.17) is 8.92 Å². The van der Waals surface area contributed by atoms with Crippen molar-refractivity contribution in [2.45, 2.75) is 58.5 Å². The molecule has 1 aliphatic heterocycles. The summed E-state index contributed by atoms with van der Waals surface area (Å²) in [5.74, 6) is 0.775. The van der Waals surface area contributed by atoms with Crippen molar-refractivity contribution in [2.24, 2.45) is 0 Å². The molecule has 0 amide bonds. The summed E-state index contributed by atoms with van der Waals surface area (Å²) in [6, 6.07) is 7.38. The zero-order chi connectivity index (χ0) is 18.6. The monoisotopic (exact) mass is 360 g/mol. The van der Waals surface area contributed by atoms with Crippen LogP contribution in [0.4, 0.5) is 0 Å². The summed E-state index contributed by atoms with van der Waals surface area (Å²) < 4.78 is 37.5. The van der Waals surface area contributed by atoms with Crippen LogP contribution in [-0.2, 0) is 16.5 Å². The van der Waals surface area contributed by atoms with Gasteiger partial charge in [-0.3, -0.25) is 0 Å². The Bertz CT molecular complexity index is 930. The van der Waals surface area contributed by atoms with Crippen molar-refractivity contribution >= 4 is 10.1 Å². The molecule has 0 atom stereocenters. The summed E-state index contributed by atoms with van der Waals surface area (Å²) in [6.07, 6.45) is 0.723. The second kappa shape index (κ2) is 5.77. The zero-order valence-electron chi connectivity index (χ0n) is 15.6. The Kier molecular flexibility index (Phi) is 4.11. The van der Waals surface area contributed by atoms with Gasteiger partial charge in [0.05, 0.1) is 0 Å². The Hall–Kier alpha value is -2.01. The number of hydrogen-bond acceptors (Lipinski definition) is 4. The summed E-state index contributed by atoms with van der Waals surface area (Å²) in [4.78, 5) is 0.250. The summed E-state index contributed by atoms with van der Waals surface area (Å²) in [5.41, 5.74) is 3.90. The normalized spacial score (nSPS) is 15.6. The Morgan fingerprint density at radius 3 is 2.24 bits per heavy atom. The molecule has 0 bridgehead atoms. The van der Waals surface area contributed by atoms with Crippen LogP contribution in [0.25, 0.3) is 0 Å². The van der Waals surface area contributed by atoms with Crippen LogP contribution in [-0.4, -0.2) is 14.0 Å². The number of para-hydroxylation sites is 1. The fourth-order valence-electron chi connectivity index (χ4n) is 3.37. The average Bonchev–Trinajstić information content (AvgIpc) is 2.80. The second-order valence-electron chi connectivity index (χ2n) is 7.41. The molecule has 134 valence electrons. The lowest BCUT2D eigenvalue weighted by Gasteiger charge is -2.19. The van der Waals surface area contributed by atoms with Crippen molar-refractivity contribution in [3.8, 4) is 11.5 Å². The molecule has 0 fully saturated rings. The smallest absolute Gasteiger partial charge is 0.339 e. The molecule has 4 nitrogen and oxygen atoms in total. The lowest BCUT2D eigenvalue weighted by atomic mass is 10.0. The van der Waals surface area contributed by atoms with Crippen molar-refractivity contribution in [3.05, 3.63) is 52.1 Å². The van der Waals surface area contributed by atoms with Gasteiger partial charge in [-0.1, -0.05) is 18.2 Å². The van der Waals surface area contributed by atoms with E-state index in [1.165, 1.54) is 0 Å². The number of aryl methyl sites for hydroxylation is 2. The van der Waals surface area contributed by atoms with Gasteiger partial charge in [-0.25, -0.2) is 0 Å². The van der Waals surface area contributed by atoms with Crippen molar-refractivity contribution in [1.29, 1.82) is 0 Å². The van der Waals surface area contributed by atoms with Crippen LogP contribution in [0.1, 0.15) is 41.7 Å². The van der Waals surface area contributed by atoms with Crippen LogP contribution in [0.15, 0.2) is 29.2 Å². The minimum Gasteiger partial charge on any atom is -0.483 e. The Labute approximate surface area is 149 Å². The molecule has 0 saturated heterocycles. The Balaban J connectivity index is 2.08. The molecule has 0 aliphatic carbocycles. The van der Waals surface area contributed by atoms with Gasteiger partial charge in [-0.2, -0.15) is 8.42 Å². The third-order valence-corrected chi connectivity index (χ3v) is 6.31. The second-order valence-corrected chi connectivity index (χ2v) is 8.89. The van der Waals surface area contributed by atoms with Gasteiger partial charge >= 0.3 is 10.1 Å². The summed E-state index contributed by atoms with van der Waals surface area (Å²) in [7, 11) is -3.96. The predicted octanol–water partition coefficient (Wildman–Crippen LogP) is 4.40. The maximum atomic E-state index is 13.0. The molecule has 2 aromatic carbocycles. The van der Waals surface area contributed by atoms with Gasteiger partial charge in [-0.05, 0) is 69.9 Å². The number of hydrogen-bond donors (Lipinski definition) is 0. The van der Waals surface area contributed by atoms with Crippen LogP contribution in [0, 0.1) is 27.7 Å². The topological polar surface area (TPSA) is 52.6 Å². The van der Waals surface area contributed by atoms with E-state index in [1.54, 1.807) is 12.1 Å². The molecule has 1 aliphatic rings. The predicted molar refractivity (Wildman–Crippen MR) is 98.1 cm³/mol. The first-order chi connectivity index (χ1) is 11.5. The quantitative estimate of drug-likeness (QED) is 0.761. The summed E-state index contributed by atoms with van der Waals surface area (Å²) >= 11 is 0. The van der Waals surface area contributed by atoms with Gasteiger partial charge in [0.15, 0.2) is 11.5 Å². The van der Waals surface area contributed by atoms with Gasteiger partial charge in [0.1, 0.15) is 10.5 Å². The van der Waals surface area contributed by atoms with E-state index in [-0.39, 0.29) is 16.2 Å². The molecule has 0 aromatic heterocycles. The molecule has 3 rings (SSSR count). The molecule has 2 aromatic rings. The number of fused-ring (bicyclic) bond motifs is 1. The number of rotatable bonds is 3. The van der Waals surface area contributed by atoms with Gasteiger partial charge < -0.3 is 8.92 Å². The SMILES string of the molecule is Cc1cc(C)c(C)c(S(=O)(=O)Oc2cccc3c2OC(C)(C)C3)c1C. The van der Waals surface area contributed by atoms with E-state index in [9.17, 15) is 8.42 Å². The van der Waals surface area contributed by atoms with Crippen LogP contribution >= 0.6 is 0 Å². The van der Waals surface area contributed by atoms with Gasteiger partial charge in [0.25, 0.3) is 0 Å². The first-order valence-electron chi connectivity index (χ1n) is 8.34. The van der Waals surface area contributed by atoms with Crippen LogP contribution < -0.4 is 8.92 Å². The summed E-state index contributed by atoms with van der Waals surface area (Å²) in [5, 5.41) is 0. The highest BCUT2D eigenvalue weighted by atomic mass is 32.2. The van der Waals surface area contributed by atoms with Crippen LogP contribution in [0.2, 0.25) is 0 Å². The molecule has 0 N–H and O–H groups in total. The molecular weight excluding hydrogens is 336 g/mol. The maximum absolute atomic E-state index is 13.0. The fourth-order valence-corrected chi connectivity index (χ4v) is 4.89.